The number of nitrogens with one attached hydrogen (secondary N) is 2. The van der Waals surface area contributed by atoms with Gasteiger partial charge in [-0.25, -0.2) is 0 Å². The van der Waals surface area contributed by atoms with Gasteiger partial charge < -0.3 is 5.32 Å². The van der Waals surface area contributed by atoms with Crippen molar-refractivity contribution in [1.82, 2.24) is 30.9 Å². The first-order chi connectivity index (χ1) is 12.7. The number of tetrazole rings is 1. The zero-order chi connectivity index (χ0) is 18.0. The lowest BCUT2D eigenvalue weighted by Crippen LogP contribution is -2.49. The number of carbonyl (C=O) groups excluding carboxylic acids is 1. The lowest BCUT2D eigenvalue weighted by molar-refractivity contribution is -0.130. The first-order valence-electron chi connectivity index (χ1n) is 8.72. The van der Waals surface area contributed by atoms with Gasteiger partial charge in [0.2, 0.25) is 11.7 Å². The predicted molar refractivity (Wildman–Crippen MR) is 96.0 cm³/mol. The lowest BCUT2D eigenvalue weighted by atomic mass is 9.63. The summed E-state index contributed by atoms with van der Waals surface area (Å²) in [6.07, 6.45) is 4.56. The van der Waals surface area contributed by atoms with Crippen LogP contribution in [0.1, 0.15) is 36.0 Å². The maximum absolute atomic E-state index is 13.0. The quantitative estimate of drug-likeness (QED) is 0.737. The fourth-order valence-electron chi connectivity index (χ4n) is 3.59. The molecule has 132 valence electrons. The van der Waals surface area contributed by atoms with E-state index in [9.17, 15) is 4.79 Å². The molecule has 1 fully saturated rings. The molecule has 0 bridgehead atoms. The van der Waals surface area contributed by atoms with Crippen molar-refractivity contribution < 1.29 is 4.79 Å². The van der Waals surface area contributed by atoms with Gasteiger partial charge in [-0.05, 0) is 53.8 Å². The molecule has 1 amide bonds. The number of hydrogen-bond donors (Lipinski definition) is 2. The van der Waals surface area contributed by atoms with Gasteiger partial charge in [-0.15, -0.1) is 10.2 Å². The Balaban J connectivity index is 1.50. The molecule has 0 saturated heterocycles. The van der Waals surface area contributed by atoms with E-state index in [0.29, 0.717) is 18.1 Å². The van der Waals surface area contributed by atoms with Crippen LogP contribution in [-0.2, 0) is 16.8 Å². The van der Waals surface area contributed by atoms with E-state index in [1.54, 1.807) is 6.20 Å². The molecule has 0 radical (unpaired) electrons. The molecule has 26 heavy (non-hydrogen) atoms. The fourth-order valence-corrected chi connectivity index (χ4v) is 3.59. The highest BCUT2D eigenvalue weighted by Crippen LogP contribution is 2.45. The number of aromatic nitrogens is 5. The van der Waals surface area contributed by atoms with Crippen molar-refractivity contribution in [3.05, 3.63) is 59.3 Å². The average Bonchev–Trinajstić information content (AvgIpc) is 3.16. The topological polar surface area (TPSA) is 96.5 Å². The molecule has 3 aromatic rings. The van der Waals surface area contributed by atoms with Gasteiger partial charge in [-0.1, -0.05) is 30.7 Å². The van der Waals surface area contributed by atoms with Crippen molar-refractivity contribution in [3.8, 4) is 11.5 Å². The Morgan fingerprint density at radius 3 is 2.81 bits per heavy atom. The Morgan fingerprint density at radius 2 is 2.12 bits per heavy atom. The van der Waals surface area contributed by atoms with E-state index in [-0.39, 0.29) is 5.91 Å². The SMILES string of the molecule is Cc1ccccc1C1(C(=O)NCc2ccnc(-c3nn[nH]n3)c2)CCC1. The molecule has 1 aliphatic rings. The summed E-state index contributed by atoms with van der Waals surface area (Å²) in [4.78, 5) is 17.3. The molecule has 1 aliphatic carbocycles. The minimum Gasteiger partial charge on any atom is -0.351 e. The molecule has 1 aromatic carbocycles. The van der Waals surface area contributed by atoms with Crippen LogP contribution in [0, 0.1) is 6.92 Å². The van der Waals surface area contributed by atoms with Crippen molar-refractivity contribution >= 4 is 5.91 Å². The van der Waals surface area contributed by atoms with E-state index in [1.165, 1.54) is 5.56 Å². The van der Waals surface area contributed by atoms with Crippen molar-refractivity contribution in [2.75, 3.05) is 0 Å². The molecule has 2 aromatic heterocycles. The molecule has 0 aliphatic heterocycles. The van der Waals surface area contributed by atoms with Crippen LogP contribution >= 0.6 is 0 Å². The number of rotatable bonds is 5. The zero-order valence-electron chi connectivity index (χ0n) is 14.6. The smallest absolute Gasteiger partial charge is 0.230 e. The molecule has 7 heteroatoms. The van der Waals surface area contributed by atoms with E-state index in [1.807, 2.05) is 24.3 Å². The molecule has 2 heterocycles. The highest BCUT2D eigenvalue weighted by Gasteiger charge is 2.46. The van der Waals surface area contributed by atoms with Crippen LogP contribution < -0.4 is 5.32 Å². The maximum atomic E-state index is 13.0. The molecule has 0 unspecified atom stereocenters. The zero-order valence-corrected chi connectivity index (χ0v) is 14.6. The molecular weight excluding hydrogens is 328 g/mol. The summed E-state index contributed by atoms with van der Waals surface area (Å²) in [6.45, 7) is 2.52. The molecule has 4 rings (SSSR count). The summed E-state index contributed by atoms with van der Waals surface area (Å²) in [6, 6.07) is 11.9. The van der Waals surface area contributed by atoms with E-state index >= 15 is 0 Å². The second kappa shape index (κ2) is 6.67. The molecular formula is C19H20N6O. The van der Waals surface area contributed by atoms with Gasteiger partial charge in [0.15, 0.2) is 0 Å². The second-order valence-electron chi connectivity index (χ2n) is 6.72. The van der Waals surface area contributed by atoms with E-state index in [0.717, 1.165) is 30.4 Å². The van der Waals surface area contributed by atoms with Crippen LogP contribution in [0.25, 0.3) is 11.5 Å². The standard InChI is InChI=1S/C19H20N6O/c1-13-5-2-3-6-15(13)19(8-4-9-19)18(26)21-12-14-7-10-20-16(11-14)17-22-24-25-23-17/h2-3,5-7,10-11H,4,8-9,12H2,1H3,(H,21,26)(H,22,23,24,25). The van der Waals surface area contributed by atoms with Crippen LogP contribution in [0.4, 0.5) is 0 Å². The third-order valence-electron chi connectivity index (χ3n) is 5.15. The number of pyridine rings is 1. The highest BCUT2D eigenvalue weighted by atomic mass is 16.2. The number of aromatic amines is 1. The summed E-state index contributed by atoms with van der Waals surface area (Å²) in [5.41, 5.74) is 3.50. The number of aryl methyl sites for hydroxylation is 1. The maximum Gasteiger partial charge on any atom is 0.230 e. The lowest BCUT2D eigenvalue weighted by Gasteiger charge is -2.41. The van der Waals surface area contributed by atoms with Crippen molar-refractivity contribution in [3.63, 3.8) is 0 Å². The Labute approximate surface area is 151 Å². The van der Waals surface area contributed by atoms with Crippen LogP contribution in [0.2, 0.25) is 0 Å². The van der Waals surface area contributed by atoms with Gasteiger partial charge in [-0.2, -0.15) is 5.21 Å². The number of nitrogens with zero attached hydrogens (tertiary/aromatic N) is 4. The van der Waals surface area contributed by atoms with Crippen molar-refractivity contribution in [2.45, 2.75) is 38.1 Å². The van der Waals surface area contributed by atoms with Crippen molar-refractivity contribution in [2.24, 2.45) is 0 Å². The van der Waals surface area contributed by atoms with E-state index < -0.39 is 5.41 Å². The molecule has 0 spiro atoms. The number of carbonyl (C=O) groups is 1. The van der Waals surface area contributed by atoms with E-state index in [2.05, 4.69) is 50.0 Å². The Kier molecular flexibility index (Phi) is 4.20. The number of H-pyrrole nitrogens is 1. The summed E-state index contributed by atoms with van der Waals surface area (Å²) < 4.78 is 0. The number of amides is 1. The van der Waals surface area contributed by atoms with Crippen LogP contribution in [0.3, 0.4) is 0 Å². The van der Waals surface area contributed by atoms with Crippen LogP contribution in [0.5, 0.6) is 0 Å². The van der Waals surface area contributed by atoms with Crippen LogP contribution in [-0.4, -0.2) is 31.5 Å². The van der Waals surface area contributed by atoms with Gasteiger partial charge in [0, 0.05) is 12.7 Å². The molecule has 7 nitrogen and oxygen atoms in total. The highest BCUT2D eigenvalue weighted by molar-refractivity contribution is 5.89. The second-order valence-corrected chi connectivity index (χ2v) is 6.72. The molecule has 1 saturated carbocycles. The van der Waals surface area contributed by atoms with Gasteiger partial charge in [0.25, 0.3) is 0 Å². The first kappa shape index (κ1) is 16.4. The van der Waals surface area contributed by atoms with E-state index in [4.69, 9.17) is 0 Å². The van der Waals surface area contributed by atoms with Crippen LogP contribution in [0.15, 0.2) is 42.6 Å². The number of hydrogen-bond acceptors (Lipinski definition) is 5. The summed E-state index contributed by atoms with van der Waals surface area (Å²) in [5, 5.41) is 16.9. The Morgan fingerprint density at radius 1 is 1.27 bits per heavy atom. The van der Waals surface area contributed by atoms with Gasteiger partial charge in [0.05, 0.1) is 5.41 Å². The fraction of sp³-hybridized carbons (Fsp3) is 0.316. The number of benzene rings is 1. The largest absolute Gasteiger partial charge is 0.351 e. The van der Waals surface area contributed by atoms with Crippen molar-refractivity contribution in [1.29, 1.82) is 0 Å². The monoisotopic (exact) mass is 348 g/mol. The molecule has 2 N–H and O–H groups in total. The summed E-state index contributed by atoms with van der Waals surface area (Å²) >= 11 is 0. The minimum absolute atomic E-state index is 0.0935. The molecule has 0 atom stereocenters. The summed E-state index contributed by atoms with van der Waals surface area (Å²) in [5.74, 6) is 0.532. The Hall–Kier alpha value is -3.09. The van der Waals surface area contributed by atoms with Gasteiger partial charge in [0.1, 0.15) is 5.69 Å². The first-order valence-corrected chi connectivity index (χ1v) is 8.72. The Bertz CT molecular complexity index is 917. The predicted octanol–water partition coefficient (Wildman–Crippen LogP) is 2.31. The third-order valence-corrected chi connectivity index (χ3v) is 5.15. The minimum atomic E-state index is -0.394. The van der Waals surface area contributed by atoms with Gasteiger partial charge >= 0.3 is 0 Å². The average molecular weight is 348 g/mol. The van der Waals surface area contributed by atoms with Gasteiger partial charge in [-0.3, -0.25) is 9.78 Å². The normalized spacial score (nSPS) is 15.3. The third kappa shape index (κ3) is 2.85. The summed E-state index contributed by atoms with van der Waals surface area (Å²) in [7, 11) is 0.